The van der Waals surface area contributed by atoms with Gasteiger partial charge in [-0.05, 0) is 18.6 Å². The van der Waals surface area contributed by atoms with Crippen molar-refractivity contribution >= 4 is 5.69 Å². The molecule has 0 atom stereocenters. The van der Waals surface area contributed by atoms with Gasteiger partial charge < -0.3 is 15.9 Å². The summed E-state index contributed by atoms with van der Waals surface area (Å²) in [6.07, 6.45) is 2.07. The van der Waals surface area contributed by atoms with Crippen molar-refractivity contribution in [3.8, 4) is 11.5 Å². The Balaban J connectivity index is 3.22. The van der Waals surface area contributed by atoms with Gasteiger partial charge in [-0.1, -0.05) is 6.08 Å². The number of phenols is 2. The van der Waals surface area contributed by atoms with Gasteiger partial charge in [0.25, 0.3) is 0 Å². The lowest BCUT2D eigenvalue weighted by Gasteiger charge is -2.06. The standard InChI is InChI=1S/C9H11NO2/c1-2-3-6-7(11)4-5-8(12)9(6)10/h2,4-5,11-12H,1,3,10H2. The van der Waals surface area contributed by atoms with Crippen LogP contribution >= 0.6 is 0 Å². The molecule has 0 fully saturated rings. The van der Waals surface area contributed by atoms with Crippen molar-refractivity contribution in [2.24, 2.45) is 0 Å². The number of phenolic OH excluding ortho intramolecular Hbond substituents is 2. The van der Waals surface area contributed by atoms with Gasteiger partial charge in [-0.2, -0.15) is 0 Å². The summed E-state index contributed by atoms with van der Waals surface area (Å²) >= 11 is 0. The third kappa shape index (κ3) is 1.34. The lowest BCUT2D eigenvalue weighted by Crippen LogP contribution is -1.93. The molecule has 12 heavy (non-hydrogen) atoms. The lowest BCUT2D eigenvalue weighted by molar-refractivity contribution is 0.458. The second-order valence-electron chi connectivity index (χ2n) is 2.49. The number of benzene rings is 1. The quantitative estimate of drug-likeness (QED) is 0.268. The number of anilines is 1. The van der Waals surface area contributed by atoms with Crippen LogP contribution in [-0.2, 0) is 6.42 Å². The van der Waals surface area contributed by atoms with Gasteiger partial charge in [0.05, 0.1) is 5.69 Å². The van der Waals surface area contributed by atoms with Crippen LogP contribution in [-0.4, -0.2) is 10.2 Å². The first kappa shape index (κ1) is 8.46. The van der Waals surface area contributed by atoms with E-state index < -0.39 is 0 Å². The molecule has 0 unspecified atom stereocenters. The van der Waals surface area contributed by atoms with E-state index in [9.17, 15) is 10.2 Å². The number of hydrogen-bond donors (Lipinski definition) is 3. The van der Waals surface area contributed by atoms with Crippen molar-refractivity contribution in [2.75, 3.05) is 5.73 Å². The molecule has 0 aliphatic heterocycles. The zero-order valence-electron chi connectivity index (χ0n) is 6.62. The molecular weight excluding hydrogens is 154 g/mol. The second-order valence-corrected chi connectivity index (χ2v) is 2.49. The third-order valence-corrected chi connectivity index (χ3v) is 1.66. The van der Waals surface area contributed by atoms with Gasteiger partial charge in [0, 0.05) is 5.56 Å². The van der Waals surface area contributed by atoms with Gasteiger partial charge in [0.2, 0.25) is 0 Å². The van der Waals surface area contributed by atoms with Crippen molar-refractivity contribution in [2.45, 2.75) is 6.42 Å². The first-order valence-corrected chi connectivity index (χ1v) is 3.57. The summed E-state index contributed by atoms with van der Waals surface area (Å²) in [5, 5.41) is 18.5. The Bertz CT molecular complexity index is 308. The van der Waals surface area contributed by atoms with E-state index in [1.54, 1.807) is 6.08 Å². The van der Waals surface area contributed by atoms with Crippen LogP contribution in [0.3, 0.4) is 0 Å². The predicted molar refractivity (Wildman–Crippen MR) is 48.1 cm³/mol. The van der Waals surface area contributed by atoms with Gasteiger partial charge in [-0.25, -0.2) is 0 Å². The van der Waals surface area contributed by atoms with E-state index in [1.807, 2.05) is 0 Å². The van der Waals surface area contributed by atoms with Crippen LogP contribution in [0.5, 0.6) is 11.5 Å². The van der Waals surface area contributed by atoms with Crippen molar-refractivity contribution < 1.29 is 10.2 Å². The zero-order chi connectivity index (χ0) is 9.14. The van der Waals surface area contributed by atoms with E-state index in [-0.39, 0.29) is 17.2 Å². The maximum Gasteiger partial charge on any atom is 0.139 e. The van der Waals surface area contributed by atoms with Crippen molar-refractivity contribution in [1.82, 2.24) is 0 Å². The molecular formula is C9H11NO2. The van der Waals surface area contributed by atoms with Gasteiger partial charge in [-0.15, -0.1) is 6.58 Å². The smallest absolute Gasteiger partial charge is 0.139 e. The summed E-state index contributed by atoms with van der Waals surface area (Å²) in [4.78, 5) is 0. The molecule has 1 aromatic rings. The number of rotatable bonds is 2. The topological polar surface area (TPSA) is 66.5 Å². The maximum atomic E-state index is 9.31. The second kappa shape index (κ2) is 3.17. The maximum absolute atomic E-state index is 9.31. The molecule has 1 aromatic carbocycles. The molecule has 0 radical (unpaired) electrons. The van der Waals surface area contributed by atoms with E-state index in [0.29, 0.717) is 12.0 Å². The fourth-order valence-electron chi connectivity index (χ4n) is 1.000. The van der Waals surface area contributed by atoms with E-state index >= 15 is 0 Å². The Morgan fingerprint density at radius 2 is 1.92 bits per heavy atom. The summed E-state index contributed by atoms with van der Waals surface area (Å²) in [6.45, 7) is 3.52. The average Bonchev–Trinajstić information content (AvgIpc) is 2.06. The normalized spacial score (nSPS) is 9.67. The molecule has 3 heteroatoms. The highest BCUT2D eigenvalue weighted by Crippen LogP contribution is 2.31. The zero-order valence-corrected chi connectivity index (χ0v) is 6.62. The number of nitrogens with two attached hydrogens (primary N) is 1. The van der Waals surface area contributed by atoms with E-state index in [1.165, 1.54) is 12.1 Å². The van der Waals surface area contributed by atoms with Crippen LogP contribution in [0.25, 0.3) is 0 Å². The molecule has 64 valence electrons. The first-order chi connectivity index (χ1) is 5.66. The van der Waals surface area contributed by atoms with Gasteiger partial charge >= 0.3 is 0 Å². The van der Waals surface area contributed by atoms with Crippen LogP contribution < -0.4 is 5.73 Å². The van der Waals surface area contributed by atoms with Crippen molar-refractivity contribution in [3.05, 3.63) is 30.4 Å². The minimum absolute atomic E-state index is 0.00958. The summed E-state index contributed by atoms with van der Waals surface area (Å²) in [5.41, 5.74) is 6.25. The molecule has 0 aromatic heterocycles. The first-order valence-electron chi connectivity index (χ1n) is 3.57. The fourth-order valence-corrected chi connectivity index (χ4v) is 1.000. The molecule has 0 saturated heterocycles. The fraction of sp³-hybridized carbons (Fsp3) is 0.111. The average molecular weight is 165 g/mol. The van der Waals surface area contributed by atoms with E-state index in [2.05, 4.69) is 6.58 Å². The van der Waals surface area contributed by atoms with E-state index in [4.69, 9.17) is 5.73 Å². The number of allylic oxidation sites excluding steroid dienone is 1. The summed E-state index contributed by atoms with van der Waals surface area (Å²) in [5.74, 6) is 0.0786. The van der Waals surface area contributed by atoms with Crippen molar-refractivity contribution in [1.29, 1.82) is 0 Å². The summed E-state index contributed by atoms with van der Waals surface area (Å²) < 4.78 is 0. The molecule has 0 heterocycles. The van der Waals surface area contributed by atoms with Crippen LogP contribution in [0.1, 0.15) is 5.56 Å². The third-order valence-electron chi connectivity index (χ3n) is 1.66. The highest BCUT2D eigenvalue weighted by atomic mass is 16.3. The lowest BCUT2D eigenvalue weighted by atomic mass is 10.1. The van der Waals surface area contributed by atoms with Crippen molar-refractivity contribution in [3.63, 3.8) is 0 Å². The van der Waals surface area contributed by atoms with Crippen LogP contribution in [0.15, 0.2) is 24.8 Å². The SMILES string of the molecule is C=CCc1c(O)ccc(O)c1N. The van der Waals surface area contributed by atoms with Crippen LogP contribution in [0, 0.1) is 0 Å². The molecule has 0 aliphatic rings. The molecule has 1 rings (SSSR count). The van der Waals surface area contributed by atoms with Crippen LogP contribution in [0.2, 0.25) is 0 Å². The van der Waals surface area contributed by atoms with Gasteiger partial charge in [0.15, 0.2) is 0 Å². The largest absolute Gasteiger partial charge is 0.508 e. The predicted octanol–water partition coefficient (Wildman–Crippen LogP) is 1.41. The monoisotopic (exact) mass is 165 g/mol. The van der Waals surface area contributed by atoms with Gasteiger partial charge in [0.1, 0.15) is 11.5 Å². The molecule has 0 bridgehead atoms. The Labute approximate surface area is 70.8 Å². The number of aromatic hydroxyl groups is 2. The summed E-state index contributed by atoms with van der Waals surface area (Å²) in [6, 6.07) is 2.77. The minimum Gasteiger partial charge on any atom is -0.508 e. The molecule has 0 saturated carbocycles. The molecule has 0 amide bonds. The van der Waals surface area contributed by atoms with Crippen LogP contribution in [0.4, 0.5) is 5.69 Å². The molecule has 4 N–H and O–H groups in total. The Morgan fingerprint density at radius 3 is 2.50 bits per heavy atom. The molecule has 0 spiro atoms. The summed E-state index contributed by atoms with van der Waals surface area (Å²) in [7, 11) is 0. The Kier molecular flexibility index (Phi) is 2.24. The van der Waals surface area contributed by atoms with Gasteiger partial charge in [-0.3, -0.25) is 0 Å². The minimum atomic E-state index is -0.00958. The highest BCUT2D eigenvalue weighted by Gasteiger charge is 2.07. The highest BCUT2D eigenvalue weighted by molar-refractivity contribution is 5.63. The number of nitrogen functional groups attached to an aromatic ring is 1. The molecule has 3 nitrogen and oxygen atoms in total. The molecule has 0 aliphatic carbocycles. The number of hydrogen-bond acceptors (Lipinski definition) is 3. The Hall–Kier alpha value is -1.64. The van der Waals surface area contributed by atoms with E-state index in [0.717, 1.165) is 0 Å². The Morgan fingerprint density at radius 1 is 1.33 bits per heavy atom.